The standard InChI is InChI=1S/C20H22N4O4/c1-12-11-24(16(8-17(12)25)13-5-3-2-4-6-13)20(28)19(27)23-15-7-14(18(21)26)9-22-10-15/h2-7,9-10,12,16-17,25H,8,11H2,1H3,(H2,21,26)(H,23,27)/t12-,16-,17-/m1/s1. The van der Waals surface area contributed by atoms with Crippen LogP contribution < -0.4 is 11.1 Å². The molecule has 3 atom stereocenters. The van der Waals surface area contributed by atoms with Crippen molar-refractivity contribution in [3.05, 3.63) is 59.9 Å². The van der Waals surface area contributed by atoms with Gasteiger partial charge in [0.15, 0.2) is 0 Å². The fraction of sp³-hybridized carbons (Fsp3) is 0.300. The predicted octanol–water partition coefficient (Wildman–Crippen LogP) is 1.09. The largest absolute Gasteiger partial charge is 0.393 e. The van der Waals surface area contributed by atoms with Gasteiger partial charge in [0.25, 0.3) is 0 Å². The number of primary amides is 1. The lowest BCUT2D eigenvalue weighted by atomic mass is 9.87. The molecule has 1 fully saturated rings. The second-order valence-corrected chi connectivity index (χ2v) is 6.94. The summed E-state index contributed by atoms with van der Waals surface area (Å²) in [6, 6.07) is 10.3. The van der Waals surface area contributed by atoms with Crippen LogP contribution in [0.1, 0.15) is 35.3 Å². The van der Waals surface area contributed by atoms with E-state index in [0.717, 1.165) is 5.56 Å². The topological polar surface area (TPSA) is 126 Å². The lowest BCUT2D eigenvalue weighted by Crippen LogP contribution is -2.50. The average molecular weight is 382 g/mol. The number of hydrogen-bond acceptors (Lipinski definition) is 5. The van der Waals surface area contributed by atoms with Crippen molar-refractivity contribution >= 4 is 23.4 Å². The quantitative estimate of drug-likeness (QED) is 0.685. The molecule has 4 N–H and O–H groups in total. The molecule has 0 aliphatic carbocycles. The third-order valence-corrected chi connectivity index (χ3v) is 4.90. The molecule has 2 heterocycles. The number of piperidine rings is 1. The smallest absolute Gasteiger partial charge is 0.313 e. The van der Waals surface area contributed by atoms with Crippen molar-refractivity contribution in [1.82, 2.24) is 9.88 Å². The van der Waals surface area contributed by atoms with Crippen LogP contribution in [0.25, 0.3) is 0 Å². The first-order chi connectivity index (χ1) is 13.4. The lowest BCUT2D eigenvalue weighted by Gasteiger charge is -2.41. The molecule has 3 amide bonds. The maximum Gasteiger partial charge on any atom is 0.313 e. The number of nitrogens with one attached hydrogen (secondary N) is 1. The van der Waals surface area contributed by atoms with Crippen LogP contribution >= 0.6 is 0 Å². The fourth-order valence-electron chi connectivity index (χ4n) is 3.32. The summed E-state index contributed by atoms with van der Waals surface area (Å²) in [5.41, 5.74) is 6.40. The molecule has 0 bridgehead atoms. The summed E-state index contributed by atoms with van der Waals surface area (Å²) in [5.74, 6) is -2.39. The van der Waals surface area contributed by atoms with Gasteiger partial charge in [-0.05, 0) is 24.0 Å². The molecule has 0 unspecified atom stereocenters. The van der Waals surface area contributed by atoms with Crippen molar-refractivity contribution in [3.63, 3.8) is 0 Å². The number of aliphatic hydroxyl groups excluding tert-OH is 1. The summed E-state index contributed by atoms with van der Waals surface area (Å²) in [7, 11) is 0. The zero-order valence-electron chi connectivity index (χ0n) is 15.4. The van der Waals surface area contributed by atoms with Crippen LogP contribution in [-0.4, -0.2) is 45.4 Å². The maximum atomic E-state index is 12.9. The van der Waals surface area contributed by atoms with Gasteiger partial charge in [-0.3, -0.25) is 19.4 Å². The first kappa shape index (κ1) is 19.5. The number of rotatable bonds is 3. The summed E-state index contributed by atoms with van der Waals surface area (Å²) in [6.07, 6.45) is 2.39. The normalized spacial score (nSPS) is 21.8. The molecule has 0 spiro atoms. The molecule has 1 aromatic carbocycles. The van der Waals surface area contributed by atoms with Gasteiger partial charge in [0.2, 0.25) is 5.91 Å². The number of nitrogens with two attached hydrogens (primary N) is 1. The van der Waals surface area contributed by atoms with E-state index in [4.69, 9.17) is 5.73 Å². The van der Waals surface area contributed by atoms with Crippen LogP contribution in [0.3, 0.4) is 0 Å². The molecule has 28 heavy (non-hydrogen) atoms. The zero-order valence-corrected chi connectivity index (χ0v) is 15.4. The first-order valence-corrected chi connectivity index (χ1v) is 8.96. The Morgan fingerprint density at radius 1 is 1.21 bits per heavy atom. The second-order valence-electron chi connectivity index (χ2n) is 6.94. The highest BCUT2D eigenvalue weighted by Crippen LogP contribution is 2.33. The minimum absolute atomic E-state index is 0.127. The Morgan fingerprint density at radius 3 is 2.61 bits per heavy atom. The van der Waals surface area contributed by atoms with E-state index in [1.165, 1.54) is 23.4 Å². The van der Waals surface area contributed by atoms with E-state index < -0.39 is 29.9 Å². The van der Waals surface area contributed by atoms with E-state index in [2.05, 4.69) is 10.3 Å². The molecular weight excluding hydrogens is 360 g/mol. The molecule has 1 aromatic heterocycles. The third-order valence-electron chi connectivity index (χ3n) is 4.90. The van der Waals surface area contributed by atoms with Gasteiger partial charge in [0, 0.05) is 12.7 Å². The number of amides is 3. The number of carbonyl (C=O) groups is 3. The van der Waals surface area contributed by atoms with Crippen molar-refractivity contribution in [1.29, 1.82) is 0 Å². The van der Waals surface area contributed by atoms with Gasteiger partial charge in [0.05, 0.1) is 29.6 Å². The highest BCUT2D eigenvalue weighted by atomic mass is 16.3. The summed E-state index contributed by atoms with van der Waals surface area (Å²) in [4.78, 5) is 42.0. The minimum atomic E-state index is -0.840. The molecule has 1 aliphatic rings. The van der Waals surface area contributed by atoms with Gasteiger partial charge in [-0.2, -0.15) is 0 Å². The number of hydrogen-bond donors (Lipinski definition) is 3. The van der Waals surface area contributed by atoms with Crippen molar-refractivity contribution in [2.75, 3.05) is 11.9 Å². The summed E-state index contributed by atoms with van der Waals surface area (Å²) in [5, 5.41) is 12.7. The van der Waals surface area contributed by atoms with E-state index in [-0.39, 0.29) is 23.7 Å². The van der Waals surface area contributed by atoms with E-state index in [0.29, 0.717) is 6.42 Å². The van der Waals surface area contributed by atoms with E-state index >= 15 is 0 Å². The Hall–Kier alpha value is -3.26. The van der Waals surface area contributed by atoms with Crippen molar-refractivity contribution in [2.24, 2.45) is 11.7 Å². The Labute approximate surface area is 162 Å². The van der Waals surface area contributed by atoms with Gasteiger partial charge in [-0.15, -0.1) is 0 Å². The zero-order chi connectivity index (χ0) is 20.3. The van der Waals surface area contributed by atoms with Gasteiger partial charge in [-0.25, -0.2) is 0 Å². The molecule has 1 aliphatic heterocycles. The Bertz CT molecular complexity index is 887. The van der Waals surface area contributed by atoms with Crippen LogP contribution in [-0.2, 0) is 9.59 Å². The molecule has 1 saturated heterocycles. The maximum absolute atomic E-state index is 12.9. The molecule has 3 rings (SSSR count). The first-order valence-electron chi connectivity index (χ1n) is 8.96. The van der Waals surface area contributed by atoms with Gasteiger partial charge >= 0.3 is 11.8 Å². The molecule has 2 aromatic rings. The van der Waals surface area contributed by atoms with E-state index in [1.807, 2.05) is 37.3 Å². The van der Waals surface area contributed by atoms with Crippen LogP contribution in [0.4, 0.5) is 5.69 Å². The predicted molar refractivity (Wildman–Crippen MR) is 102 cm³/mol. The number of anilines is 1. The lowest BCUT2D eigenvalue weighted by molar-refractivity contribution is -0.148. The SMILES string of the molecule is C[C@@H]1CN(C(=O)C(=O)Nc2cncc(C(N)=O)c2)[C@@H](c2ccccc2)C[C@H]1O. The van der Waals surface area contributed by atoms with Crippen LogP contribution in [0.5, 0.6) is 0 Å². The molecule has 146 valence electrons. The summed E-state index contributed by atoms with van der Waals surface area (Å²) >= 11 is 0. The number of nitrogens with zero attached hydrogens (tertiary/aromatic N) is 2. The average Bonchev–Trinajstić information content (AvgIpc) is 2.70. The minimum Gasteiger partial charge on any atom is -0.393 e. The molecular formula is C20H22N4O4. The number of pyridine rings is 1. The monoisotopic (exact) mass is 382 g/mol. The second kappa shape index (κ2) is 8.18. The van der Waals surface area contributed by atoms with Crippen molar-refractivity contribution in [3.8, 4) is 0 Å². The van der Waals surface area contributed by atoms with Crippen LogP contribution in [0.15, 0.2) is 48.8 Å². The number of aliphatic hydroxyl groups is 1. The Balaban J connectivity index is 1.80. The molecule has 0 saturated carbocycles. The Morgan fingerprint density at radius 2 is 1.93 bits per heavy atom. The molecule has 8 heteroatoms. The van der Waals surface area contributed by atoms with Gasteiger partial charge in [-0.1, -0.05) is 37.3 Å². The highest BCUT2D eigenvalue weighted by molar-refractivity contribution is 6.39. The molecule has 8 nitrogen and oxygen atoms in total. The van der Waals surface area contributed by atoms with Crippen LogP contribution in [0.2, 0.25) is 0 Å². The van der Waals surface area contributed by atoms with Gasteiger partial charge < -0.3 is 21.1 Å². The summed E-state index contributed by atoms with van der Waals surface area (Å²) in [6.45, 7) is 2.09. The Kier molecular flexibility index (Phi) is 5.70. The summed E-state index contributed by atoms with van der Waals surface area (Å²) < 4.78 is 0. The van der Waals surface area contributed by atoms with Gasteiger partial charge in [0.1, 0.15) is 0 Å². The van der Waals surface area contributed by atoms with E-state index in [9.17, 15) is 19.5 Å². The molecule has 0 radical (unpaired) electrons. The third kappa shape index (κ3) is 4.17. The number of carbonyl (C=O) groups excluding carboxylic acids is 3. The number of benzene rings is 1. The fourth-order valence-corrected chi connectivity index (χ4v) is 3.32. The van der Waals surface area contributed by atoms with Crippen molar-refractivity contribution < 1.29 is 19.5 Å². The van der Waals surface area contributed by atoms with E-state index in [1.54, 1.807) is 0 Å². The highest BCUT2D eigenvalue weighted by Gasteiger charge is 2.38. The van der Waals surface area contributed by atoms with Crippen molar-refractivity contribution in [2.45, 2.75) is 25.5 Å². The van der Waals surface area contributed by atoms with Crippen LogP contribution in [0, 0.1) is 5.92 Å². The number of aromatic nitrogens is 1. The number of likely N-dealkylation sites (tertiary alicyclic amines) is 1.